The third-order valence-corrected chi connectivity index (χ3v) is 6.29. The summed E-state index contributed by atoms with van der Waals surface area (Å²) in [4.78, 5) is 33.0. The van der Waals surface area contributed by atoms with Crippen LogP contribution in [0.3, 0.4) is 0 Å². The third kappa shape index (κ3) is 5.32. The molecule has 9 nitrogen and oxygen atoms in total. The van der Waals surface area contributed by atoms with Crippen LogP contribution in [0.25, 0.3) is 33.9 Å². The predicted octanol–water partition coefficient (Wildman–Crippen LogP) is 4.88. The second-order valence-electron chi connectivity index (χ2n) is 9.37. The third-order valence-electron chi connectivity index (χ3n) is 6.29. The average Bonchev–Trinajstić information content (AvgIpc) is 3.48. The molecule has 0 unspecified atom stereocenters. The number of methoxy groups -OCH3 is 1. The fourth-order valence-electron chi connectivity index (χ4n) is 4.37. The zero-order chi connectivity index (χ0) is 27.7. The van der Waals surface area contributed by atoms with Gasteiger partial charge in [-0.3, -0.25) is 9.55 Å². The van der Waals surface area contributed by atoms with Crippen molar-refractivity contribution in [1.82, 2.24) is 34.1 Å². The van der Waals surface area contributed by atoms with E-state index in [0.29, 0.717) is 22.6 Å². The van der Waals surface area contributed by atoms with E-state index in [0.717, 1.165) is 23.0 Å². The Morgan fingerprint density at radius 2 is 1.85 bits per heavy atom. The molecule has 0 aliphatic carbocycles. The van der Waals surface area contributed by atoms with Gasteiger partial charge >= 0.3 is 11.9 Å². The highest BCUT2D eigenvalue weighted by Gasteiger charge is 2.35. The number of nitrogens with zero attached hydrogens (tertiary/aromatic N) is 6. The van der Waals surface area contributed by atoms with Gasteiger partial charge in [0, 0.05) is 37.2 Å². The molecule has 4 heterocycles. The minimum Gasteiger partial charge on any atom is -0.383 e. The summed E-state index contributed by atoms with van der Waals surface area (Å²) in [6.45, 7) is 4.73. The van der Waals surface area contributed by atoms with Crippen LogP contribution in [0.15, 0.2) is 59.8 Å². The largest absolute Gasteiger partial charge is 0.434 e. The van der Waals surface area contributed by atoms with E-state index in [9.17, 15) is 18.0 Å². The van der Waals surface area contributed by atoms with Gasteiger partial charge in [-0.05, 0) is 23.6 Å². The smallest absolute Gasteiger partial charge is 0.383 e. The maximum absolute atomic E-state index is 13.3. The number of ether oxygens (including phenoxy) is 1. The summed E-state index contributed by atoms with van der Waals surface area (Å²) in [5.74, 6) is 0.806. The molecule has 0 aliphatic heterocycles. The summed E-state index contributed by atoms with van der Waals surface area (Å²) in [5, 5.41) is 0. The quantitative estimate of drug-likeness (QED) is 0.303. The highest BCUT2D eigenvalue weighted by molar-refractivity contribution is 5.73. The first-order valence-corrected chi connectivity index (χ1v) is 12.3. The minimum atomic E-state index is -4.56. The van der Waals surface area contributed by atoms with Crippen LogP contribution in [0, 0.1) is 0 Å². The molecule has 12 heteroatoms. The Morgan fingerprint density at radius 3 is 2.54 bits per heavy atom. The van der Waals surface area contributed by atoms with Crippen molar-refractivity contribution in [1.29, 1.82) is 0 Å². The van der Waals surface area contributed by atoms with Crippen molar-refractivity contribution in [2.45, 2.75) is 39.0 Å². The van der Waals surface area contributed by atoms with Gasteiger partial charge in [-0.25, -0.2) is 19.7 Å². The molecule has 0 fully saturated rings. The molecule has 0 radical (unpaired) electrons. The number of halogens is 3. The zero-order valence-corrected chi connectivity index (χ0v) is 21.5. The number of benzene rings is 1. The fraction of sp³-hybridized carbons (Fsp3) is 0.296. The molecular formula is C27H26F3N7O2. The monoisotopic (exact) mass is 537 g/mol. The lowest BCUT2D eigenvalue weighted by Gasteiger charge is -2.10. The highest BCUT2D eigenvalue weighted by atomic mass is 19.4. The summed E-state index contributed by atoms with van der Waals surface area (Å²) >= 11 is 0. The molecule has 0 spiro atoms. The standard InChI is InChI=1S/C27H26F3N7O2/c1-16(2)22-19(5-4-10-31-22)23-32-13-20-25(35-23)37(26(38)33-20)14-17-6-8-18(9-7-17)24-34-21(27(28,29)30)15-36(24)11-12-39-3/h4-10,13,15-16H,11-12,14H2,1-3H3,(H,33,38). The molecule has 1 aromatic carbocycles. The molecule has 0 aliphatic rings. The molecule has 0 saturated carbocycles. The van der Waals surface area contributed by atoms with Crippen molar-refractivity contribution in [3.05, 3.63) is 82.4 Å². The molecule has 0 atom stereocenters. The molecule has 0 saturated heterocycles. The van der Waals surface area contributed by atoms with Crippen LogP contribution >= 0.6 is 0 Å². The van der Waals surface area contributed by atoms with Gasteiger partial charge in [-0.1, -0.05) is 38.1 Å². The van der Waals surface area contributed by atoms with Crippen molar-refractivity contribution in [3.63, 3.8) is 0 Å². The highest BCUT2D eigenvalue weighted by Crippen LogP contribution is 2.31. The van der Waals surface area contributed by atoms with Gasteiger partial charge in [-0.15, -0.1) is 0 Å². The second-order valence-corrected chi connectivity index (χ2v) is 9.37. The molecular weight excluding hydrogens is 511 g/mol. The number of imidazole rings is 2. The average molecular weight is 538 g/mol. The van der Waals surface area contributed by atoms with Crippen LogP contribution in [0.2, 0.25) is 0 Å². The van der Waals surface area contributed by atoms with E-state index in [-0.39, 0.29) is 37.1 Å². The minimum absolute atomic E-state index is 0.157. The first-order chi connectivity index (χ1) is 18.7. The maximum atomic E-state index is 13.3. The van der Waals surface area contributed by atoms with E-state index < -0.39 is 11.9 Å². The second kappa shape index (κ2) is 10.4. The Labute approximate surface area is 221 Å². The van der Waals surface area contributed by atoms with Crippen molar-refractivity contribution in [2.75, 3.05) is 13.7 Å². The van der Waals surface area contributed by atoms with Crippen LogP contribution < -0.4 is 5.69 Å². The number of hydrogen-bond acceptors (Lipinski definition) is 6. The zero-order valence-electron chi connectivity index (χ0n) is 21.5. The fourth-order valence-corrected chi connectivity index (χ4v) is 4.37. The Balaban J connectivity index is 1.47. The number of alkyl halides is 3. The molecule has 5 rings (SSSR count). The van der Waals surface area contributed by atoms with Gasteiger partial charge in [0.25, 0.3) is 0 Å². The lowest BCUT2D eigenvalue weighted by atomic mass is 10.0. The number of aromatic nitrogens is 7. The molecule has 5 aromatic rings. The summed E-state index contributed by atoms with van der Waals surface area (Å²) < 4.78 is 47.9. The summed E-state index contributed by atoms with van der Waals surface area (Å²) in [6, 6.07) is 10.6. The van der Waals surface area contributed by atoms with Crippen molar-refractivity contribution in [2.24, 2.45) is 0 Å². The van der Waals surface area contributed by atoms with Crippen molar-refractivity contribution >= 4 is 11.2 Å². The van der Waals surface area contributed by atoms with Gasteiger partial charge in [0.1, 0.15) is 11.3 Å². The normalized spacial score (nSPS) is 12.1. The molecule has 0 bridgehead atoms. The molecule has 4 aromatic heterocycles. The van der Waals surface area contributed by atoms with Gasteiger partial charge in [0.2, 0.25) is 0 Å². The summed E-state index contributed by atoms with van der Waals surface area (Å²) in [6.07, 6.45) is -0.275. The molecule has 1 N–H and O–H groups in total. The number of nitrogens with one attached hydrogen (secondary N) is 1. The van der Waals surface area contributed by atoms with Crippen LogP contribution in [0.4, 0.5) is 13.2 Å². The van der Waals surface area contributed by atoms with Gasteiger partial charge in [-0.2, -0.15) is 13.2 Å². The lowest BCUT2D eigenvalue weighted by Crippen LogP contribution is -2.17. The number of H-pyrrole nitrogens is 1. The number of fused-ring (bicyclic) bond motifs is 1. The summed E-state index contributed by atoms with van der Waals surface area (Å²) in [5.41, 5.74) is 2.55. The van der Waals surface area contributed by atoms with Crippen molar-refractivity contribution < 1.29 is 17.9 Å². The number of hydrogen-bond donors (Lipinski definition) is 1. The van der Waals surface area contributed by atoms with Crippen LogP contribution in [0.1, 0.15) is 36.7 Å². The SMILES string of the molecule is COCCn1cc(C(F)(F)F)nc1-c1ccc(Cn2c(=O)[nH]c3cnc(-c4cccnc4C(C)C)nc32)cc1. The maximum Gasteiger partial charge on any atom is 0.434 e. The molecule has 39 heavy (non-hydrogen) atoms. The number of rotatable bonds is 8. The topological polar surface area (TPSA) is 104 Å². The number of pyridine rings is 1. The van der Waals surface area contributed by atoms with E-state index in [1.54, 1.807) is 36.7 Å². The van der Waals surface area contributed by atoms with E-state index in [2.05, 4.69) is 24.9 Å². The Hall–Kier alpha value is -4.32. The number of aromatic amines is 1. The van der Waals surface area contributed by atoms with E-state index >= 15 is 0 Å². The van der Waals surface area contributed by atoms with Gasteiger partial charge in [0.15, 0.2) is 17.2 Å². The first kappa shape index (κ1) is 26.3. The summed E-state index contributed by atoms with van der Waals surface area (Å²) in [7, 11) is 1.48. The van der Waals surface area contributed by atoms with E-state index in [1.807, 2.05) is 26.0 Å². The van der Waals surface area contributed by atoms with Crippen LogP contribution in [-0.2, 0) is 24.0 Å². The molecule has 0 amide bonds. The lowest BCUT2D eigenvalue weighted by molar-refractivity contribution is -0.140. The Bertz CT molecular complexity index is 1670. The van der Waals surface area contributed by atoms with E-state index in [1.165, 1.54) is 16.2 Å². The molecule has 202 valence electrons. The van der Waals surface area contributed by atoms with E-state index in [4.69, 9.17) is 4.74 Å². The van der Waals surface area contributed by atoms with Crippen molar-refractivity contribution in [3.8, 4) is 22.8 Å². The van der Waals surface area contributed by atoms with Crippen LogP contribution in [0.5, 0.6) is 0 Å². The predicted molar refractivity (Wildman–Crippen MR) is 139 cm³/mol. The Morgan fingerprint density at radius 1 is 1.08 bits per heavy atom. The first-order valence-electron chi connectivity index (χ1n) is 12.3. The Kier molecular flexibility index (Phi) is 7.04. The van der Waals surface area contributed by atoms with Gasteiger partial charge < -0.3 is 14.3 Å². The van der Waals surface area contributed by atoms with Gasteiger partial charge in [0.05, 0.1) is 25.0 Å². The van der Waals surface area contributed by atoms with Crippen LogP contribution in [-0.4, -0.2) is 47.8 Å².